The Morgan fingerprint density at radius 2 is 1.50 bits per heavy atom. The standard InChI is InChI=1S/C22H14F5NO5S/c1-28-15-9-3-2-6-12(15)18(21(29)32-20-13(23)7-4-8-14(20)24)19-16(28)10-5-11-17(19)33-34(30,31)22(25,26)27/h2-11,18H,1H3. The Morgan fingerprint density at radius 3 is 2.15 bits per heavy atom. The van der Waals surface area contributed by atoms with Crippen LogP contribution in [0.5, 0.6) is 11.5 Å². The maximum Gasteiger partial charge on any atom is 0.534 e. The number of carbonyl (C=O) groups excluding carboxylic acids is 1. The topological polar surface area (TPSA) is 72.9 Å². The van der Waals surface area contributed by atoms with Gasteiger partial charge in [0.1, 0.15) is 11.7 Å². The second kappa shape index (κ2) is 8.28. The van der Waals surface area contributed by atoms with Gasteiger partial charge in [-0.25, -0.2) is 8.78 Å². The van der Waals surface area contributed by atoms with Gasteiger partial charge in [0.25, 0.3) is 0 Å². The highest BCUT2D eigenvalue weighted by Gasteiger charge is 2.49. The first-order chi connectivity index (χ1) is 15.9. The van der Waals surface area contributed by atoms with E-state index in [0.29, 0.717) is 5.69 Å². The number of rotatable bonds is 4. The molecule has 0 saturated heterocycles. The summed E-state index contributed by atoms with van der Waals surface area (Å²) >= 11 is 0. The molecule has 0 N–H and O–H groups in total. The Kier molecular flexibility index (Phi) is 5.72. The summed E-state index contributed by atoms with van der Waals surface area (Å²) in [6.45, 7) is 0. The highest BCUT2D eigenvalue weighted by atomic mass is 32.2. The highest BCUT2D eigenvalue weighted by molar-refractivity contribution is 7.88. The summed E-state index contributed by atoms with van der Waals surface area (Å²) in [6, 6.07) is 12.6. The van der Waals surface area contributed by atoms with Gasteiger partial charge in [-0.1, -0.05) is 30.3 Å². The zero-order valence-corrected chi connectivity index (χ0v) is 18.0. The molecule has 1 atom stereocenters. The van der Waals surface area contributed by atoms with Gasteiger partial charge in [-0.3, -0.25) is 4.79 Å². The van der Waals surface area contributed by atoms with Crippen LogP contribution in [0.2, 0.25) is 0 Å². The van der Waals surface area contributed by atoms with Crippen LogP contribution in [0.3, 0.4) is 0 Å². The van der Waals surface area contributed by atoms with E-state index in [1.54, 1.807) is 12.1 Å². The number of anilines is 2. The van der Waals surface area contributed by atoms with Gasteiger partial charge in [-0.2, -0.15) is 21.6 Å². The lowest BCUT2D eigenvalue weighted by Crippen LogP contribution is -2.32. The summed E-state index contributed by atoms with van der Waals surface area (Å²) in [7, 11) is -4.55. The van der Waals surface area contributed by atoms with Crippen LogP contribution in [0.4, 0.5) is 33.3 Å². The molecule has 4 rings (SSSR count). The molecule has 0 radical (unpaired) electrons. The Hall–Kier alpha value is -3.67. The molecule has 0 aliphatic carbocycles. The largest absolute Gasteiger partial charge is 0.534 e. The van der Waals surface area contributed by atoms with Gasteiger partial charge in [0.05, 0.1) is 0 Å². The first-order valence-corrected chi connectivity index (χ1v) is 10.9. The summed E-state index contributed by atoms with van der Waals surface area (Å²) < 4.78 is 100. The monoisotopic (exact) mass is 499 g/mol. The second-order valence-corrected chi connectivity index (χ2v) is 8.73. The Morgan fingerprint density at radius 1 is 0.912 bits per heavy atom. The minimum Gasteiger partial charge on any atom is -0.420 e. The lowest BCUT2D eigenvalue weighted by atomic mass is 9.84. The molecule has 0 aromatic heterocycles. The zero-order chi connectivity index (χ0) is 24.8. The molecule has 178 valence electrons. The molecule has 1 heterocycles. The summed E-state index contributed by atoms with van der Waals surface area (Å²) in [4.78, 5) is 14.7. The van der Waals surface area contributed by atoms with Crippen LogP contribution in [-0.4, -0.2) is 26.9 Å². The fraction of sp³-hybridized carbons (Fsp3) is 0.136. The number of hydrogen-bond acceptors (Lipinski definition) is 6. The molecule has 3 aromatic carbocycles. The maximum absolute atomic E-state index is 14.1. The summed E-state index contributed by atoms with van der Waals surface area (Å²) in [6.07, 6.45) is 0. The van der Waals surface area contributed by atoms with E-state index in [1.807, 2.05) is 0 Å². The normalized spacial score (nSPS) is 15.4. The van der Waals surface area contributed by atoms with E-state index in [4.69, 9.17) is 4.74 Å². The van der Waals surface area contributed by atoms with Crippen LogP contribution in [0.15, 0.2) is 60.7 Å². The number of alkyl halides is 3. The minimum absolute atomic E-state index is 0.129. The predicted molar refractivity (Wildman–Crippen MR) is 110 cm³/mol. The summed E-state index contributed by atoms with van der Waals surface area (Å²) in [5.41, 5.74) is -5.26. The van der Waals surface area contributed by atoms with E-state index in [1.165, 1.54) is 36.2 Å². The second-order valence-electron chi connectivity index (χ2n) is 7.19. The van der Waals surface area contributed by atoms with Crippen molar-refractivity contribution in [2.24, 2.45) is 0 Å². The molecular formula is C22H14F5NO5S. The molecule has 0 fully saturated rings. The Bertz CT molecular complexity index is 1370. The fourth-order valence-corrected chi connectivity index (χ4v) is 4.14. The molecule has 0 spiro atoms. The van der Waals surface area contributed by atoms with Gasteiger partial charge >= 0.3 is 21.6 Å². The van der Waals surface area contributed by atoms with E-state index < -0.39 is 50.6 Å². The molecule has 0 saturated carbocycles. The van der Waals surface area contributed by atoms with Gasteiger partial charge in [0, 0.05) is 24.0 Å². The van der Waals surface area contributed by atoms with Crippen molar-refractivity contribution in [2.45, 2.75) is 11.4 Å². The van der Waals surface area contributed by atoms with Crippen LogP contribution in [0.25, 0.3) is 0 Å². The van der Waals surface area contributed by atoms with Gasteiger partial charge in [-0.15, -0.1) is 0 Å². The zero-order valence-electron chi connectivity index (χ0n) is 17.1. The predicted octanol–water partition coefficient (Wildman–Crippen LogP) is 5.01. The lowest BCUT2D eigenvalue weighted by Gasteiger charge is -2.35. The van der Waals surface area contributed by atoms with E-state index in [9.17, 15) is 35.2 Å². The van der Waals surface area contributed by atoms with Crippen LogP contribution < -0.4 is 13.8 Å². The van der Waals surface area contributed by atoms with Crippen molar-refractivity contribution < 1.29 is 44.1 Å². The van der Waals surface area contributed by atoms with Crippen LogP contribution in [0.1, 0.15) is 17.0 Å². The summed E-state index contributed by atoms with van der Waals surface area (Å²) in [5.74, 6) is -6.98. The third-order valence-electron chi connectivity index (χ3n) is 5.14. The maximum atomic E-state index is 14.1. The quantitative estimate of drug-likeness (QED) is 0.165. The smallest absolute Gasteiger partial charge is 0.420 e. The molecule has 3 aromatic rings. The number of carbonyl (C=O) groups is 1. The number of hydrogen-bond donors (Lipinski definition) is 0. The van der Waals surface area contributed by atoms with Crippen molar-refractivity contribution in [3.63, 3.8) is 0 Å². The molecule has 1 aliphatic heterocycles. The molecule has 0 amide bonds. The van der Waals surface area contributed by atoms with Crippen LogP contribution >= 0.6 is 0 Å². The van der Waals surface area contributed by atoms with Gasteiger partial charge in [0.15, 0.2) is 11.6 Å². The van der Waals surface area contributed by atoms with Crippen molar-refractivity contribution in [1.82, 2.24) is 0 Å². The number of halogens is 5. The first-order valence-electron chi connectivity index (χ1n) is 9.54. The number of esters is 1. The third-order valence-corrected chi connectivity index (χ3v) is 6.11. The molecule has 1 unspecified atom stereocenters. The Labute approximate surface area is 190 Å². The minimum atomic E-state index is -6.09. The van der Waals surface area contributed by atoms with Crippen molar-refractivity contribution in [1.29, 1.82) is 0 Å². The molecule has 1 aliphatic rings. The Balaban J connectivity index is 1.89. The van der Waals surface area contributed by atoms with E-state index in [2.05, 4.69) is 4.18 Å². The first kappa shape index (κ1) is 23.5. The number of ether oxygens (including phenoxy) is 1. The molecular weight excluding hydrogens is 485 g/mol. The molecule has 34 heavy (non-hydrogen) atoms. The van der Waals surface area contributed by atoms with Crippen LogP contribution in [-0.2, 0) is 14.9 Å². The summed E-state index contributed by atoms with van der Waals surface area (Å²) in [5, 5.41) is 0. The van der Waals surface area contributed by atoms with E-state index in [0.717, 1.165) is 24.3 Å². The average molecular weight is 499 g/mol. The highest BCUT2D eigenvalue weighted by Crippen LogP contribution is 2.49. The van der Waals surface area contributed by atoms with Gasteiger partial charge in [0.2, 0.25) is 5.75 Å². The fourth-order valence-electron chi connectivity index (χ4n) is 3.66. The van der Waals surface area contributed by atoms with Crippen molar-refractivity contribution in [2.75, 3.05) is 11.9 Å². The van der Waals surface area contributed by atoms with Crippen LogP contribution in [0, 0.1) is 11.6 Å². The van der Waals surface area contributed by atoms with Gasteiger partial charge in [-0.05, 0) is 35.9 Å². The SMILES string of the molecule is CN1c2ccccc2C(C(=O)Oc2c(F)cccc2F)c2c(OS(=O)(=O)C(F)(F)F)cccc21. The van der Waals surface area contributed by atoms with Gasteiger partial charge < -0.3 is 13.8 Å². The number of fused-ring (bicyclic) bond motifs is 2. The number of nitrogens with zero attached hydrogens (tertiary/aromatic N) is 1. The molecule has 6 nitrogen and oxygen atoms in total. The average Bonchev–Trinajstić information content (AvgIpc) is 2.76. The number of benzene rings is 3. The van der Waals surface area contributed by atoms with Crippen molar-refractivity contribution in [3.8, 4) is 11.5 Å². The molecule has 12 heteroatoms. The van der Waals surface area contributed by atoms with Crippen molar-refractivity contribution in [3.05, 3.63) is 83.4 Å². The van der Waals surface area contributed by atoms with E-state index in [-0.39, 0.29) is 16.8 Å². The van der Waals surface area contributed by atoms with E-state index >= 15 is 0 Å². The molecule has 0 bridgehead atoms. The third kappa shape index (κ3) is 3.94. The van der Waals surface area contributed by atoms with Crippen molar-refractivity contribution >= 4 is 27.5 Å². The lowest BCUT2D eigenvalue weighted by molar-refractivity contribution is -0.135. The number of para-hydroxylation sites is 2.